The van der Waals surface area contributed by atoms with Crippen molar-refractivity contribution in [1.82, 2.24) is 10.4 Å². The number of amides is 1. The number of carbonyl (C=O) groups is 2. The Kier molecular flexibility index (Phi) is 8.37. The number of hydrazone groups is 1. The first kappa shape index (κ1) is 28.0. The molecule has 0 spiro atoms. The second-order valence-corrected chi connectivity index (χ2v) is 11.0. The third kappa shape index (κ3) is 5.83. The number of aromatic amines is 1. The summed E-state index contributed by atoms with van der Waals surface area (Å²) in [5.41, 5.74) is 4.59. The number of fused-ring (bicyclic) bond motifs is 1. The molecule has 1 heterocycles. The molecule has 4 aromatic carbocycles. The van der Waals surface area contributed by atoms with Crippen LogP contribution in [0.5, 0.6) is 5.75 Å². The first-order valence-corrected chi connectivity index (χ1v) is 13.9. The van der Waals surface area contributed by atoms with Gasteiger partial charge < -0.3 is 9.72 Å². The number of halogens is 5. The van der Waals surface area contributed by atoms with Crippen LogP contribution in [0.15, 0.2) is 92.9 Å². The normalized spacial score (nSPS) is 11.2. The van der Waals surface area contributed by atoms with E-state index in [1.54, 1.807) is 24.3 Å². The monoisotopic (exact) mass is 701 g/mol. The molecule has 0 aliphatic carbocycles. The van der Waals surface area contributed by atoms with E-state index in [1.165, 1.54) is 30.5 Å². The predicted octanol–water partition coefficient (Wildman–Crippen LogP) is 8.79. The van der Waals surface area contributed by atoms with Gasteiger partial charge in [0.05, 0.1) is 26.8 Å². The molecule has 0 saturated carbocycles. The number of esters is 1. The number of hydrogen-bond acceptors (Lipinski definition) is 4. The molecule has 1 amide bonds. The maximum atomic E-state index is 14.6. The van der Waals surface area contributed by atoms with Crippen molar-refractivity contribution < 1.29 is 18.7 Å². The lowest BCUT2D eigenvalue weighted by Gasteiger charge is -2.11. The summed E-state index contributed by atoms with van der Waals surface area (Å²) in [5, 5.41) is 5.16. The molecule has 5 aromatic rings. The Balaban J connectivity index is 1.45. The molecular formula is C29H16Br2Cl2FN3O3. The molecule has 0 aliphatic rings. The number of aromatic nitrogens is 1. The van der Waals surface area contributed by atoms with Gasteiger partial charge in [-0.1, -0.05) is 81.6 Å². The maximum Gasteiger partial charge on any atom is 0.345 e. The molecule has 0 aliphatic heterocycles. The van der Waals surface area contributed by atoms with E-state index in [1.807, 2.05) is 30.3 Å². The Morgan fingerprint density at radius 1 is 0.975 bits per heavy atom. The van der Waals surface area contributed by atoms with Gasteiger partial charge in [0.15, 0.2) is 5.75 Å². The van der Waals surface area contributed by atoms with Crippen LogP contribution in [0.2, 0.25) is 10.0 Å². The molecule has 1 aromatic heterocycles. The van der Waals surface area contributed by atoms with Crippen LogP contribution in [0.1, 0.15) is 26.4 Å². The van der Waals surface area contributed by atoms with Crippen LogP contribution >= 0.6 is 55.1 Å². The van der Waals surface area contributed by atoms with Gasteiger partial charge in [-0.25, -0.2) is 14.6 Å². The van der Waals surface area contributed by atoms with Gasteiger partial charge in [0.2, 0.25) is 0 Å². The van der Waals surface area contributed by atoms with Gasteiger partial charge in [-0.2, -0.15) is 5.10 Å². The highest BCUT2D eigenvalue weighted by molar-refractivity contribution is 9.11. The minimum absolute atomic E-state index is 0.122. The third-order valence-electron chi connectivity index (χ3n) is 5.83. The molecule has 5 rings (SSSR count). The zero-order chi connectivity index (χ0) is 28.4. The second kappa shape index (κ2) is 11.9. The average molecular weight is 704 g/mol. The van der Waals surface area contributed by atoms with E-state index in [-0.39, 0.29) is 27.5 Å². The van der Waals surface area contributed by atoms with Crippen LogP contribution in [0.4, 0.5) is 4.39 Å². The van der Waals surface area contributed by atoms with E-state index in [0.717, 1.165) is 5.56 Å². The molecule has 11 heteroatoms. The van der Waals surface area contributed by atoms with E-state index >= 15 is 0 Å². The number of benzene rings is 4. The van der Waals surface area contributed by atoms with Crippen molar-refractivity contribution in [3.8, 4) is 16.9 Å². The summed E-state index contributed by atoms with van der Waals surface area (Å²) in [7, 11) is 0. The SMILES string of the molecule is O=C(Oc1c(Br)cc(Br)cc1C=NNC(=O)c1[nH]c2c(F)cccc2c1-c1ccccc1)c1ccc(Cl)cc1Cl. The Morgan fingerprint density at radius 3 is 2.50 bits per heavy atom. The van der Waals surface area contributed by atoms with Gasteiger partial charge in [-0.05, 0) is 57.9 Å². The zero-order valence-corrected chi connectivity index (χ0v) is 24.8. The average Bonchev–Trinajstić information content (AvgIpc) is 3.32. The van der Waals surface area contributed by atoms with Crippen molar-refractivity contribution in [2.75, 3.05) is 0 Å². The number of ether oxygens (including phenoxy) is 1. The van der Waals surface area contributed by atoms with E-state index < -0.39 is 17.7 Å². The Morgan fingerprint density at radius 2 is 1.75 bits per heavy atom. The van der Waals surface area contributed by atoms with Gasteiger partial charge in [0, 0.05) is 26.0 Å². The maximum absolute atomic E-state index is 14.6. The summed E-state index contributed by atoms with van der Waals surface area (Å²) < 4.78 is 21.3. The van der Waals surface area contributed by atoms with E-state index in [2.05, 4.69) is 47.4 Å². The number of nitrogens with one attached hydrogen (secondary N) is 2. The molecule has 200 valence electrons. The zero-order valence-electron chi connectivity index (χ0n) is 20.1. The van der Waals surface area contributed by atoms with Gasteiger partial charge in [0.25, 0.3) is 5.91 Å². The van der Waals surface area contributed by atoms with E-state index in [9.17, 15) is 14.0 Å². The fourth-order valence-corrected chi connectivity index (χ4v) is 5.88. The minimum Gasteiger partial charge on any atom is -0.421 e. The first-order chi connectivity index (χ1) is 19.2. The van der Waals surface area contributed by atoms with E-state index in [4.69, 9.17) is 27.9 Å². The summed E-state index contributed by atoms with van der Waals surface area (Å²) >= 11 is 18.9. The predicted molar refractivity (Wildman–Crippen MR) is 162 cm³/mol. The summed E-state index contributed by atoms with van der Waals surface area (Å²) in [4.78, 5) is 29.0. The van der Waals surface area contributed by atoms with E-state index in [0.29, 0.717) is 30.5 Å². The molecule has 0 saturated heterocycles. The summed E-state index contributed by atoms with van der Waals surface area (Å²) in [6.07, 6.45) is 1.32. The quantitative estimate of drug-likeness (QED) is 0.0803. The standard InChI is InChI=1S/C29H16Br2Cl2FN3O3/c30-17-11-16(27(21(31)12-17)40-29(39)19-10-9-18(32)13-22(19)33)14-35-37-28(38)26-24(15-5-2-1-3-6-15)20-7-4-8-23(34)25(20)36-26/h1-14,36H,(H,37,38). The van der Waals surface area contributed by atoms with Gasteiger partial charge in [-0.15, -0.1) is 0 Å². The lowest BCUT2D eigenvalue weighted by atomic mass is 10.0. The van der Waals surface area contributed by atoms with Crippen molar-refractivity contribution in [2.45, 2.75) is 0 Å². The number of rotatable bonds is 6. The fraction of sp³-hybridized carbons (Fsp3) is 0. The molecule has 2 N–H and O–H groups in total. The Labute approximate surface area is 254 Å². The molecule has 0 atom stereocenters. The molecule has 40 heavy (non-hydrogen) atoms. The first-order valence-electron chi connectivity index (χ1n) is 11.6. The number of carbonyl (C=O) groups excluding carboxylic acids is 2. The van der Waals surface area contributed by atoms with Crippen LogP contribution in [0, 0.1) is 5.82 Å². The van der Waals surface area contributed by atoms with Crippen molar-refractivity contribution in [3.05, 3.63) is 120 Å². The lowest BCUT2D eigenvalue weighted by molar-refractivity contribution is 0.0733. The van der Waals surface area contributed by atoms with Crippen molar-refractivity contribution in [3.63, 3.8) is 0 Å². The molecular weight excluding hydrogens is 688 g/mol. The minimum atomic E-state index is -0.712. The Hall–Kier alpha value is -3.50. The van der Waals surface area contributed by atoms with Gasteiger partial charge in [0.1, 0.15) is 11.5 Å². The van der Waals surface area contributed by atoms with Crippen LogP contribution in [0.3, 0.4) is 0 Å². The summed E-state index contributed by atoms with van der Waals surface area (Å²) in [5.74, 6) is -1.64. The van der Waals surface area contributed by atoms with Crippen molar-refractivity contribution in [2.24, 2.45) is 5.10 Å². The van der Waals surface area contributed by atoms with Crippen LogP contribution in [0.25, 0.3) is 22.0 Å². The number of para-hydroxylation sites is 1. The molecule has 0 unspecified atom stereocenters. The third-order valence-corrected chi connectivity index (χ3v) is 7.42. The van der Waals surface area contributed by atoms with Crippen LogP contribution in [-0.2, 0) is 0 Å². The largest absolute Gasteiger partial charge is 0.421 e. The van der Waals surface area contributed by atoms with Crippen molar-refractivity contribution >= 4 is 84.1 Å². The van der Waals surface area contributed by atoms with Crippen LogP contribution < -0.4 is 10.2 Å². The Bertz CT molecular complexity index is 1810. The summed E-state index contributed by atoms with van der Waals surface area (Å²) in [6.45, 7) is 0. The topological polar surface area (TPSA) is 83.5 Å². The highest BCUT2D eigenvalue weighted by Gasteiger charge is 2.21. The molecule has 6 nitrogen and oxygen atoms in total. The molecule has 0 bridgehead atoms. The molecule has 0 radical (unpaired) electrons. The fourth-order valence-electron chi connectivity index (χ4n) is 4.06. The number of nitrogens with zero attached hydrogens (tertiary/aromatic N) is 1. The highest BCUT2D eigenvalue weighted by Crippen LogP contribution is 2.35. The smallest absolute Gasteiger partial charge is 0.345 e. The highest BCUT2D eigenvalue weighted by atomic mass is 79.9. The number of H-pyrrole nitrogens is 1. The summed E-state index contributed by atoms with van der Waals surface area (Å²) in [6, 6.07) is 21.6. The van der Waals surface area contributed by atoms with Gasteiger partial charge in [-0.3, -0.25) is 4.79 Å². The second-order valence-electron chi connectivity index (χ2n) is 8.42. The van der Waals surface area contributed by atoms with Crippen LogP contribution in [-0.4, -0.2) is 23.1 Å². The van der Waals surface area contributed by atoms with Gasteiger partial charge >= 0.3 is 5.97 Å². The number of hydrogen-bond donors (Lipinski definition) is 2. The molecule has 0 fully saturated rings. The van der Waals surface area contributed by atoms with Crippen molar-refractivity contribution in [1.29, 1.82) is 0 Å². The lowest BCUT2D eigenvalue weighted by Crippen LogP contribution is -2.19.